The average Bonchev–Trinajstić information content (AvgIpc) is 2.92. The van der Waals surface area contributed by atoms with Crippen LogP contribution in [-0.4, -0.2) is 35.6 Å². The number of carbonyl (C=O) groups excluding carboxylic acids is 1. The Labute approximate surface area is 127 Å². The van der Waals surface area contributed by atoms with Gasteiger partial charge in [0.25, 0.3) is 0 Å². The molecule has 0 amide bonds. The van der Waals surface area contributed by atoms with Crippen molar-refractivity contribution in [1.82, 2.24) is 9.97 Å². The lowest BCUT2D eigenvalue weighted by Gasteiger charge is -2.09. The molecule has 0 fully saturated rings. The summed E-state index contributed by atoms with van der Waals surface area (Å²) in [5.74, 6) is 1.28. The van der Waals surface area contributed by atoms with E-state index in [0.717, 1.165) is 22.6 Å². The lowest BCUT2D eigenvalue weighted by Crippen LogP contribution is -2.10. The Morgan fingerprint density at radius 3 is 2.95 bits per heavy atom. The summed E-state index contributed by atoms with van der Waals surface area (Å²) in [6, 6.07) is 2.00. The van der Waals surface area contributed by atoms with Crippen LogP contribution in [0, 0.1) is 0 Å². The molecule has 2 rings (SSSR count). The highest BCUT2D eigenvalue weighted by Gasteiger charge is 2.08. The summed E-state index contributed by atoms with van der Waals surface area (Å²) in [7, 11) is 0. The van der Waals surface area contributed by atoms with Crippen molar-refractivity contribution < 1.29 is 9.53 Å². The van der Waals surface area contributed by atoms with E-state index in [0.29, 0.717) is 31.9 Å². The van der Waals surface area contributed by atoms with Crippen LogP contribution in [0.5, 0.6) is 0 Å². The number of anilines is 2. The van der Waals surface area contributed by atoms with Gasteiger partial charge < -0.3 is 15.4 Å². The smallest absolute Gasteiger partial charge is 0.305 e. The van der Waals surface area contributed by atoms with Crippen LogP contribution in [-0.2, 0) is 9.53 Å². The van der Waals surface area contributed by atoms with Gasteiger partial charge in [-0.15, -0.1) is 11.3 Å². The summed E-state index contributed by atoms with van der Waals surface area (Å²) in [5.41, 5.74) is 0. The monoisotopic (exact) mass is 308 g/mol. The lowest BCUT2D eigenvalue weighted by atomic mass is 10.3. The molecule has 0 radical (unpaired) electrons. The largest absolute Gasteiger partial charge is 0.466 e. The molecule has 0 unspecified atom stereocenters. The number of nitrogens with one attached hydrogen (secondary N) is 2. The zero-order valence-corrected chi connectivity index (χ0v) is 13.1. The predicted molar refractivity (Wildman–Crippen MR) is 85.9 cm³/mol. The van der Waals surface area contributed by atoms with Crippen LogP contribution in [0.3, 0.4) is 0 Å². The van der Waals surface area contributed by atoms with Crippen molar-refractivity contribution >= 4 is 39.3 Å². The number of thiophene rings is 1. The van der Waals surface area contributed by atoms with E-state index in [1.54, 1.807) is 11.3 Å². The quantitative estimate of drug-likeness (QED) is 0.577. The van der Waals surface area contributed by atoms with E-state index in [2.05, 4.69) is 20.6 Å². The molecule has 6 nitrogen and oxygen atoms in total. The number of esters is 1. The number of ether oxygens (including phenoxy) is 1. The van der Waals surface area contributed by atoms with E-state index < -0.39 is 0 Å². The summed E-state index contributed by atoms with van der Waals surface area (Å²) in [6.07, 6.45) is 1.13. The molecule has 0 saturated carbocycles. The average molecular weight is 308 g/mol. The Morgan fingerprint density at radius 1 is 1.33 bits per heavy atom. The van der Waals surface area contributed by atoms with Crippen molar-refractivity contribution in [1.29, 1.82) is 0 Å². The topological polar surface area (TPSA) is 76.1 Å². The second-order valence-corrected chi connectivity index (χ2v) is 5.30. The summed E-state index contributed by atoms with van der Waals surface area (Å²) in [5, 5.41) is 9.41. The molecule has 0 aromatic carbocycles. The Morgan fingerprint density at radius 2 is 2.19 bits per heavy atom. The van der Waals surface area contributed by atoms with Crippen molar-refractivity contribution in [2.24, 2.45) is 0 Å². The molecule has 2 aromatic rings. The van der Waals surface area contributed by atoms with Crippen LogP contribution in [0.1, 0.15) is 26.7 Å². The Kier molecular flexibility index (Phi) is 5.74. The highest BCUT2D eigenvalue weighted by Crippen LogP contribution is 2.26. The Hall–Kier alpha value is -1.89. The first-order chi connectivity index (χ1) is 10.2. The summed E-state index contributed by atoms with van der Waals surface area (Å²) >= 11 is 1.59. The molecule has 0 aliphatic heterocycles. The van der Waals surface area contributed by atoms with E-state index in [9.17, 15) is 4.79 Å². The van der Waals surface area contributed by atoms with Gasteiger partial charge >= 0.3 is 5.97 Å². The van der Waals surface area contributed by atoms with Gasteiger partial charge in [0.05, 0.1) is 12.0 Å². The third-order valence-corrected chi connectivity index (χ3v) is 3.62. The SMILES string of the molecule is CCNc1nc(NCCCC(=O)OCC)c2ccsc2n1. The van der Waals surface area contributed by atoms with Gasteiger partial charge in [0.1, 0.15) is 10.6 Å². The van der Waals surface area contributed by atoms with Crippen molar-refractivity contribution in [2.75, 3.05) is 30.3 Å². The van der Waals surface area contributed by atoms with Gasteiger partial charge in [-0.05, 0) is 31.7 Å². The second-order valence-electron chi connectivity index (χ2n) is 4.40. The molecule has 2 aromatic heterocycles. The molecule has 21 heavy (non-hydrogen) atoms. The molecule has 0 bridgehead atoms. The normalized spacial score (nSPS) is 10.6. The van der Waals surface area contributed by atoms with Gasteiger partial charge in [-0.3, -0.25) is 4.79 Å². The zero-order chi connectivity index (χ0) is 15.1. The first-order valence-corrected chi connectivity index (χ1v) is 8.01. The van der Waals surface area contributed by atoms with E-state index in [1.165, 1.54) is 0 Å². The van der Waals surface area contributed by atoms with Crippen LogP contribution in [0.25, 0.3) is 10.2 Å². The molecule has 2 heterocycles. The number of carbonyl (C=O) groups is 1. The molecular weight excluding hydrogens is 288 g/mol. The fraction of sp³-hybridized carbons (Fsp3) is 0.500. The first kappa shape index (κ1) is 15.5. The summed E-state index contributed by atoms with van der Waals surface area (Å²) in [4.78, 5) is 21.2. The van der Waals surface area contributed by atoms with E-state index in [-0.39, 0.29) is 5.97 Å². The third-order valence-electron chi connectivity index (χ3n) is 2.82. The second kappa shape index (κ2) is 7.78. The van der Waals surface area contributed by atoms with Gasteiger partial charge in [0.15, 0.2) is 0 Å². The van der Waals surface area contributed by atoms with Gasteiger partial charge in [0.2, 0.25) is 5.95 Å². The van der Waals surface area contributed by atoms with Crippen LogP contribution < -0.4 is 10.6 Å². The molecule has 0 atom stereocenters. The van der Waals surface area contributed by atoms with Gasteiger partial charge in [-0.25, -0.2) is 4.98 Å². The van der Waals surface area contributed by atoms with Gasteiger partial charge in [-0.2, -0.15) is 4.98 Å². The van der Waals surface area contributed by atoms with E-state index >= 15 is 0 Å². The van der Waals surface area contributed by atoms with Crippen molar-refractivity contribution in [3.8, 4) is 0 Å². The maximum atomic E-state index is 11.3. The predicted octanol–water partition coefficient (Wildman–Crippen LogP) is 2.88. The summed E-state index contributed by atoms with van der Waals surface area (Å²) in [6.45, 7) is 5.70. The van der Waals surface area contributed by atoms with Crippen LogP contribution in [0.2, 0.25) is 0 Å². The fourth-order valence-electron chi connectivity index (χ4n) is 1.90. The molecular formula is C14H20N4O2S. The van der Waals surface area contributed by atoms with Crippen molar-refractivity contribution in [3.63, 3.8) is 0 Å². The maximum Gasteiger partial charge on any atom is 0.305 e. The van der Waals surface area contributed by atoms with Crippen molar-refractivity contribution in [3.05, 3.63) is 11.4 Å². The van der Waals surface area contributed by atoms with Crippen LogP contribution >= 0.6 is 11.3 Å². The minimum atomic E-state index is -0.156. The first-order valence-electron chi connectivity index (χ1n) is 7.13. The minimum Gasteiger partial charge on any atom is -0.466 e. The molecule has 0 aliphatic rings. The molecule has 2 N–H and O–H groups in total. The van der Waals surface area contributed by atoms with Crippen LogP contribution in [0.15, 0.2) is 11.4 Å². The summed E-state index contributed by atoms with van der Waals surface area (Å²) < 4.78 is 4.90. The molecule has 114 valence electrons. The van der Waals surface area contributed by atoms with Crippen molar-refractivity contribution in [2.45, 2.75) is 26.7 Å². The molecule has 0 saturated heterocycles. The lowest BCUT2D eigenvalue weighted by molar-refractivity contribution is -0.143. The van der Waals surface area contributed by atoms with E-state index in [1.807, 2.05) is 25.3 Å². The molecule has 7 heteroatoms. The maximum absolute atomic E-state index is 11.3. The third kappa shape index (κ3) is 4.29. The number of hydrogen-bond acceptors (Lipinski definition) is 7. The van der Waals surface area contributed by atoms with Crippen LogP contribution in [0.4, 0.5) is 11.8 Å². The zero-order valence-electron chi connectivity index (χ0n) is 12.3. The standard InChI is InChI=1S/C14H20N4O2S/c1-3-15-14-17-12(10-7-9-21-13(10)18-14)16-8-5-6-11(19)20-4-2/h7,9H,3-6,8H2,1-2H3,(H2,15,16,17,18). The highest BCUT2D eigenvalue weighted by molar-refractivity contribution is 7.16. The molecule has 0 spiro atoms. The highest BCUT2D eigenvalue weighted by atomic mass is 32.1. The Bertz CT molecular complexity index is 600. The van der Waals surface area contributed by atoms with Gasteiger partial charge in [-0.1, -0.05) is 0 Å². The van der Waals surface area contributed by atoms with E-state index in [4.69, 9.17) is 4.74 Å². The number of fused-ring (bicyclic) bond motifs is 1. The number of rotatable bonds is 8. The minimum absolute atomic E-state index is 0.156. The number of aromatic nitrogens is 2. The Balaban J connectivity index is 1.97. The number of hydrogen-bond donors (Lipinski definition) is 2. The molecule has 0 aliphatic carbocycles. The van der Waals surface area contributed by atoms with Gasteiger partial charge in [0, 0.05) is 19.5 Å². The number of nitrogens with zero attached hydrogens (tertiary/aromatic N) is 2. The fourth-order valence-corrected chi connectivity index (χ4v) is 2.66.